The lowest BCUT2D eigenvalue weighted by atomic mass is 10.1. The van der Waals surface area contributed by atoms with Gasteiger partial charge in [0.25, 0.3) is 0 Å². The van der Waals surface area contributed by atoms with Gasteiger partial charge in [0.15, 0.2) is 0 Å². The largest absolute Gasteiger partial charge is 0.416 e. The van der Waals surface area contributed by atoms with Crippen LogP contribution in [0.2, 0.25) is 0 Å². The Kier molecular flexibility index (Phi) is 4.54. The quantitative estimate of drug-likeness (QED) is 0.179. The molecule has 4 N–H and O–H groups in total. The molecule has 0 amide bonds. The summed E-state index contributed by atoms with van der Waals surface area (Å²) in [5.41, 5.74) is 2.36. The van der Waals surface area contributed by atoms with Gasteiger partial charge < -0.3 is 4.57 Å². The number of hydrogen-bond donors (Lipinski definition) is 2. The summed E-state index contributed by atoms with van der Waals surface area (Å²) in [5, 5.41) is 14.7. The minimum absolute atomic E-state index is 0.184. The van der Waals surface area contributed by atoms with E-state index in [1.165, 1.54) is 12.1 Å². The zero-order valence-corrected chi connectivity index (χ0v) is 15.2. The molecule has 0 atom stereocenters. The fourth-order valence-corrected chi connectivity index (χ4v) is 3.53. The van der Waals surface area contributed by atoms with Crippen LogP contribution in [0.3, 0.4) is 0 Å². The Hall–Kier alpha value is -3.68. The highest BCUT2D eigenvalue weighted by molar-refractivity contribution is 6.10. The van der Waals surface area contributed by atoms with Crippen LogP contribution in [0.25, 0.3) is 21.8 Å². The van der Waals surface area contributed by atoms with Crippen LogP contribution in [0.5, 0.6) is 0 Å². The van der Waals surface area contributed by atoms with E-state index in [0.29, 0.717) is 17.7 Å². The summed E-state index contributed by atoms with van der Waals surface area (Å²) in [7, 11) is 0. The fourth-order valence-electron chi connectivity index (χ4n) is 3.53. The molecule has 0 aliphatic heterocycles. The number of rotatable bonds is 3. The third-order valence-electron chi connectivity index (χ3n) is 4.83. The normalized spacial score (nSPS) is 12.2. The summed E-state index contributed by atoms with van der Waals surface area (Å²) < 4.78 is 41.3. The number of alkyl halides is 3. The maximum absolute atomic E-state index is 13.1. The van der Waals surface area contributed by atoms with Gasteiger partial charge in [-0.1, -0.05) is 30.3 Å². The molecule has 3 aromatic carbocycles. The summed E-state index contributed by atoms with van der Waals surface area (Å²) in [6.07, 6.45) is -4.38. The second-order valence-electron chi connectivity index (χ2n) is 6.63. The number of fused-ring (bicyclic) bond motifs is 3. The van der Waals surface area contributed by atoms with Crippen LogP contribution in [-0.2, 0) is 12.7 Å². The number of para-hydroxylation sites is 1. The van der Waals surface area contributed by atoms with Gasteiger partial charge in [-0.05, 0) is 42.0 Å². The van der Waals surface area contributed by atoms with Crippen molar-refractivity contribution in [2.45, 2.75) is 12.7 Å². The maximum Gasteiger partial charge on any atom is 0.416 e. The van der Waals surface area contributed by atoms with E-state index in [1.807, 2.05) is 41.0 Å². The van der Waals surface area contributed by atoms with Crippen LogP contribution in [-0.4, -0.2) is 10.4 Å². The zero-order valence-electron chi connectivity index (χ0n) is 15.2. The van der Waals surface area contributed by atoms with Crippen molar-refractivity contribution >= 4 is 27.6 Å². The van der Waals surface area contributed by atoms with Crippen LogP contribution < -0.4 is 11.3 Å². The number of amidine groups is 1. The molecule has 8 heteroatoms. The van der Waals surface area contributed by atoms with Gasteiger partial charge in [-0.25, -0.2) is 0 Å². The average molecular weight is 396 g/mol. The lowest BCUT2D eigenvalue weighted by Crippen LogP contribution is -2.38. The molecule has 29 heavy (non-hydrogen) atoms. The van der Waals surface area contributed by atoms with Crippen LogP contribution >= 0.6 is 0 Å². The monoisotopic (exact) mass is 396 g/mol. The van der Waals surface area contributed by atoms with Gasteiger partial charge in [-0.3, -0.25) is 11.3 Å². The molecule has 0 spiro atoms. The second-order valence-corrected chi connectivity index (χ2v) is 6.63. The van der Waals surface area contributed by atoms with Crippen molar-refractivity contribution in [2.24, 2.45) is 16.2 Å². The molecule has 0 fully saturated rings. The van der Waals surface area contributed by atoms with Gasteiger partial charge in [0.2, 0.25) is 0 Å². The number of nitrogens with two attached hydrogens (primary N) is 2. The molecule has 0 saturated heterocycles. The summed E-state index contributed by atoms with van der Waals surface area (Å²) in [4.78, 5) is 0. The highest BCUT2D eigenvalue weighted by Crippen LogP contribution is 2.32. The van der Waals surface area contributed by atoms with Crippen molar-refractivity contribution in [3.05, 3.63) is 83.4 Å². The van der Waals surface area contributed by atoms with Crippen LogP contribution in [0.4, 0.5) is 13.2 Å². The van der Waals surface area contributed by atoms with Crippen molar-refractivity contribution in [1.82, 2.24) is 4.57 Å². The van der Waals surface area contributed by atoms with Crippen molar-refractivity contribution in [2.75, 3.05) is 0 Å². The van der Waals surface area contributed by atoms with Gasteiger partial charge in [0.05, 0.1) is 16.2 Å². The van der Waals surface area contributed by atoms with E-state index < -0.39 is 11.7 Å². The van der Waals surface area contributed by atoms with E-state index >= 15 is 0 Å². The minimum Gasteiger partial charge on any atom is -0.336 e. The smallest absolute Gasteiger partial charge is 0.336 e. The lowest BCUT2D eigenvalue weighted by molar-refractivity contribution is -0.137. The first kappa shape index (κ1) is 18.7. The highest BCUT2D eigenvalue weighted by atomic mass is 19.4. The molecule has 4 aromatic rings. The third kappa shape index (κ3) is 3.44. The summed E-state index contributed by atoms with van der Waals surface area (Å²) in [5.74, 6) is 5.26. The molecule has 1 heterocycles. The number of benzene rings is 3. The summed E-state index contributed by atoms with van der Waals surface area (Å²) in [6.45, 7) is 0.301. The third-order valence-corrected chi connectivity index (χ3v) is 4.83. The first-order chi connectivity index (χ1) is 13.9. The number of halogens is 3. The van der Waals surface area contributed by atoms with Gasteiger partial charge in [-0.2, -0.15) is 13.2 Å². The standard InChI is InChI=1S/C21H16F3N5/c22-21(23,24)15-5-3-4-13(10-15)12-29-18-7-2-1-6-16(18)17-11-14(8-9-19(17)29)20(25)27-28-26/h1-11H,12H2,(H3,25,26,27)/p+1. The Balaban J connectivity index is 1.87. The number of nitrogens with zero attached hydrogens (tertiary/aromatic N) is 3. The van der Waals surface area contributed by atoms with Crippen LogP contribution in [0.15, 0.2) is 77.1 Å². The van der Waals surface area contributed by atoms with Gasteiger partial charge >= 0.3 is 12.0 Å². The fraction of sp³-hybridized carbons (Fsp3) is 0.0952. The Morgan fingerprint density at radius 3 is 2.45 bits per heavy atom. The minimum atomic E-state index is -4.38. The van der Waals surface area contributed by atoms with Gasteiger partial charge in [0, 0.05) is 33.6 Å². The predicted octanol–water partition coefficient (Wildman–Crippen LogP) is 3.69. The Morgan fingerprint density at radius 2 is 1.69 bits per heavy atom. The maximum atomic E-state index is 13.1. The predicted molar refractivity (Wildman–Crippen MR) is 105 cm³/mol. The van der Waals surface area contributed by atoms with Crippen LogP contribution in [0, 0.1) is 0 Å². The molecule has 0 unspecified atom stereocenters. The highest BCUT2D eigenvalue weighted by Gasteiger charge is 2.30. The van der Waals surface area contributed by atoms with E-state index in [0.717, 1.165) is 27.9 Å². The molecule has 0 saturated carbocycles. The number of hydrogen-bond acceptors (Lipinski definition) is 1. The van der Waals surface area contributed by atoms with E-state index in [4.69, 9.17) is 11.3 Å². The lowest BCUT2D eigenvalue weighted by Gasteiger charge is -2.11. The molecule has 0 radical (unpaired) electrons. The average Bonchev–Trinajstić information content (AvgIpc) is 3.01. The summed E-state index contributed by atoms with van der Waals surface area (Å²) >= 11 is 0. The molecular formula is C21H17F3N5+. The zero-order chi connectivity index (χ0) is 20.6. The molecular weight excluding hydrogens is 379 g/mol. The molecule has 4 rings (SSSR count). The van der Waals surface area contributed by atoms with Gasteiger partial charge in [0.1, 0.15) is 0 Å². The number of aromatic nitrogens is 1. The van der Waals surface area contributed by atoms with Crippen LogP contribution in [0.1, 0.15) is 16.7 Å². The topological polar surface area (TPSA) is 81.3 Å². The van der Waals surface area contributed by atoms with Gasteiger partial charge in [-0.15, -0.1) is 0 Å². The molecule has 0 bridgehead atoms. The first-order valence-electron chi connectivity index (χ1n) is 8.79. The molecule has 0 aliphatic carbocycles. The molecule has 1 aromatic heterocycles. The van der Waals surface area contributed by atoms with E-state index in [1.54, 1.807) is 12.1 Å². The van der Waals surface area contributed by atoms with E-state index in [9.17, 15) is 13.2 Å². The first-order valence-corrected chi connectivity index (χ1v) is 8.79. The van der Waals surface area contributed by atoms with E-state index in [2.05, 4.69) is 10.3 Å². The summed E-state index contributed by atoms with van der Waals surface area (Å²) in [6, 6.07) is 18.6. The Morgan fingerprint density at radius 1 is 0.931 bits per heavy atom. The Labute approximate surface area is 163 Å². The Bertz CT molecular complexity index is 1250. The van der Waals surface area contributed by atoms with E-state index in [-0.39, 0.29) is 5.84 Å². The second kappa shape index (κ2) is 7.05. The van der Waals surface area contributed by atoms with Crippen molar-refractivity contribution in [3.63, 3.8) is 0 Å². The van der Waals surface area contributed by atoms with Crippen molar-refractivity contribution < 1.29 is 18.6 Å². The molecule has 0 aliphatic rings. The SMILES string of the molecule is NN=NC(=[NH2+])c1ccc2c(c1)c1ccccc1n2Cc1cccc(C(F)(F)F)c1. The molecule has 146 valence electrons. The van der Waals surface area contributed by atoms with Crippen molar-refractivity contribution in [3.8, 4) is 0 Å². The van der Waals surface area contributed by atoms with Crippen molar-refractivity contribution in [1.29, 1.82) is 0 Å². The molecule has 5 nitrogen and oxygen atoms in total.